The largest absolute Gasteiger partial charge is 0.496 e. The Kier molecular flexibility index (Phi) is 6.55. The van der Waals surface area contributed by atoms with Crippen LogP contribution in [0.4, 0.5) is 4.39 Å². The van der Waals surface area contributed by atoms with Crippen LogP contribution in [0.2, 0.25) is 0 Å². The van der Waals surface area contributed by atoms with Crippen LogP contribution in [0, 0.1) is 24.6 Å². The quantitative estimate of drug-likeness (QED) is 0.210. The van der Waals surface area contributed by atoms with Crippen LogP contribution in [0.3, 0.4) is 0 Å². The van der Waals surface area contributed by atoms with Crippen molar-refractivity contribution in [1.82, 2.24) is 9.47 Å². The van der Waals surface area contributed by atoms with Crippen LogP contribution in [-0.4, -0.2) is 47.0 Å². The van der Waals surface area contributed by atoms with Gasteiger partial charge in [0, 0.05) is 51.7 Å². The zero-order valence-electron chi connectivity index (χ0n) is 25.3. The summed E-state index contributed by atoms with van der Waals surface area (Å²) in [6, 6.07) is 17.1. The third-order valence-corrected chi connectivity index (χ3v) is 11.5. The second kappa shape index (κ2) is 10.4. The summed E-state index contributed by atoms with van der Waals surface area (Å²) in [5, 5.41) is 2.13. The van der Waals surface area contributed by atoms with Crippen LogP contribution in [0.15, 0.2) is 54.6 Å². The Morgan fingerprint density at radius 2 is 1.80 bits per heavy atom. The van der Waals surface area contributed by atoms with Gasteiger partial charge in [-0.25, -0.2) is 4.39 Å². The normalized spacial score (nSPS) is 20.9. The smallest absolute Gasteiger partial charge is 0.254 e. The van der Waals surface area contributed by atoms with Crippen LogP contribution in [-0.2, 0) is 6.54 Å². The molecule has 3 aromatic carbocycles. The first-order valence-corrected chi connectivity index (χ1v) is 16.4. The van der Waals surface area contributed by atoms with Crippen molar-refractivity contribution >= 4 is 44.1 Å². The summed E-state index contributed by atoms with van der Waals surface area (Å²) in [5.74, 6) is 0.339. The Bertz CT molecular complexity index is 2040. The van der Waals surface area contributed by atoms with Crippen molar-refractivity contribution in [2.24, 2.45) is 23.3 Å². The molecule has 2 unspecified atom stereocenters. The number of hydrogen-bond acceptors (Lipinski definition) is 5. The number of thiophene rings is 1. The first-order chi connectivity index (χ1) is 21.7. The minimum absolute atomic E-state index is 0.0288. The van der Waals surface area contributed by atoms with Gasteiger partial charge in [0.15, 0.2) is 0 Å². The van der Waals surface area contributed by atoms with E-state index in [0.29, 0.717) is 28.7 Å². The van der Waals surface area contributed by atoms with Crippen molar-refractivity contribution < 1.29 is 18.7 Å². The molecule has 230 valence electrons. The predicted molar refractivity (Wildman–Crippen MR) is 176 cm³/mol. The van der Waals surface area contributed by atoms with E-state index in [4.69, 9.17) is 16.2 Å². The van der Waals surface area contributed by atoms with Gasteiger partial charge >= 0.3 is 0 Å². The zero-order chi connectivity index (χ0) is 31.1. The molecule has 2 aliphatic carbocycles. The number of hydrogen-bond donors (Lipinski definition) is 2. The number of carbonyl (C=O) groups is 2. The van der Waals surface area contributed by atoms with Crippen molar-refractivity contribution in [1.29, 1.82) is 0 Å². The van der Waals surface area contributed by atoms with Gasteiger partial charge in [-0.15, -0.1) is 11.3 Å². The fourth-order valence-corrected chi connectivity index (χ4v) is 8.88. The molecule has 0 radical (unpaired) electrons. The summed E-state index contributed by atoms with van der Waals surface area (Å²) < 4.78 is 24.0. The number of likely N-dealkylation sites (tertiary alicyclic amines) is 1. The Labute approximate surface area is 264 Å². The van der Waals surface area contributed by atoms with Crippen molar-refractivity contribution in [3.63, 3.8) is 0 Å². The van der Waals surface area contributed by atoms with E-state index in [1.807, 2.05) is 23.1 Å². The maximum Gasteiger partial charge on any atom is 0.254 e. The molecule has 3 aliphatic rings. The Hall–Kier alpha value is -4.21. The lowest BCUT2D eigenvalue weighted by Crippen LogP contribution is -2.41. The number of methoxy groups -OCH3 is 1. The van der Waals surface area contributed by atoms with Gasteiger partial charge in [-0.3, -0.25) is 9.59 Å². The number of aryl methyl sites for hydroxylation is 1. The monoisotopic (exact) mass is 622 g/mol. The first kappa shape index (κ1) is 28.3. The average Bonchev–Trinajstić information content (AvgIpc) is 3.44. The first-order valence-electron chi connectivity index (χ1n) is 15.6. The summed E-state index contributed by atoms with van der Waals surface area (Å²) in [5.41, 5.74) is 17.2. The third-order valence-electron chi connectivity index (χ3n) is 10.2. The molecular weight excluding hydrogens is 587 g/mol. The number of amides is 2. The number of aromatic nitrogens is 1. The lowest BCUT2D eigenvalue weighted by Gasteiger charge is -2.27. The van der Waals surface area contributed by atoms with Gasteiger partial charge in [0.1, 0.15) is 11.6 Å². The molecule has 5 aromatic rings. The van der Waals surface area contributed by atoms with E-state index >= 15 is 0 Å². The summed E-state index contributed by atoms with van der Waals surface area (Å²) in [6.07, 6.45) is 4.47. The maximum absolute atomic E-state index is 14.7. The number of benzene rings is 3. The summed E-state index contributed by atoms with van der Waals surface area (Å²) in [4.78, 5) is 28.4. The minimum Gasteiger partial charge on any atom is -0.496 e. The van der Waals surface area contributed by atoms with E-state index in [9.17, 15) is 14.0 Å². The highest BCUT2D eigenvalue weighted by atomic mass is 32.1. The molecule has 2 saturated carbocycles. The molecule has 0 spiro atoms. The van der Waals surface area contributed by atoms with Crippen LogP contribution in [0.1, 0.15) is 52.0 Å². The number of nitrogens with two attached hydrogens (primary N) is 2. The molecule has 2 amide bonds. The van der Waals surface area contributed by atoms with E-state index < -0.39 is 11.7 Å². The number of piperidine rings is 1. The van der Waals surface area contributed by atoms with E-state index in [1.165, 1.54) is 25.0 Å². The van der Waals surface area contributed by atoms with Crippen molar-refractivity contribution in [2.45, 2.75) is 51.2 Å². The number of primary amides is 1. The van der Waals surface area contributed by atoms with Crippen LogP contribution in [0.25, 0.3) is 42.7 Å². The molecule has 45 heavy (non-hydrogen) atoms. The van der Waals surface area contributed by atoms with Gasteiger partial charge in [-0.1, -0.05) is 18.2 Å². The van der Waals surface area contributed by atoms with Gasteiger partial charge in [0.25, 0.3) is 11.8 Å². The van der Waals surface area contributed by atoms with E-state index in [1.54, 1.807) is 24.5 Å². The van der Waals surface area contributed by atoms with Crippen LogP contribution >= 0.6 is 11.3 Å². The molecule has 8 rings (SSSR count). The number of halogens is 1. The number of fused-ring (bicyclic) bond motifs is 4. The maximum atomic E-state index is 14.7. The van der Waals surface area contributed by atoms with Gasteiger partial charge in [-0.05, 0) is 97.5 Å². The van der Waals surface area contributed by atoms with Crippen molar-refractivity contribution in [3.05, 3.63) is 77.1 Å². The highest BCUT2D eigenvalue weighted by Gasteiger charge is 2.47. The topological polar surface area (TPSA) is 104 Å². The number of ether oxygens (including phenoxy) is 1. The van der Waals surface area contributed by atoms with E-state index in [0.717, 1.165) is 68.6 Å². The molecule has 9 heteroatoms. The highest BCUT2D eigenvalue weighted by molar-refractivity contribution is 7.22. The molecule has 3 fully saturated rings. The zero-order valence-corrected chi connectivity index (χ0v) is 26.1. The van der Waals surface area contributed by atoms with Crippen molar-refractivity contribution in [2.75, 3.05) is 13.7 Å². The van der Waals surface area contributed by atoms with E-state index in [2.05, 4.69) is 29.7 Å². The Morgan fingerprint density at radius 1 is 1.02 bits per heavy atom. The molecule has 3 heterocycles. The summed E-state index contributed by atoms with van der Waals surface area (Å²) in [6.45, 7) is 3.75. The standard InChI is InChI=1S/C36H35FN4O3S/c1-18-32-30(44-2)14-24(36(43)41-17-23-8-10-27(41)33(23)38)15-31(32)45-34(18)29-13-22-6-5-21(12-28(22)40(29)16-19-3-4-19)20-7-9-25(35(39)42)26(37)11-20/h5-7,9,11-15,19,23,27,33H,3-4,8,10,16-17,38H2,1-2H3,(H2,39,42)/t23?,27?,33-/m1/s1. The summed E-state index contributed by atoms with van der Waals surface area (Å²) in [7, 11) is 1.66. The average molecular weight is 623 g/mol. The molecule has 1 saturated heterocycles. The molecule has 1 aliphatic heterocycles. The fraction of sp³-hybridized carbons (Fsp3) is 0.333. The molecule has 7 nitrogen and oxygen atoms in total. The summed E-state index contributed by atoms with van der Waals surface area (Å²) >= 11 is 1.69. The number of rotatable bonds is 7. The fourth-order valence-electron chi connectivity index (χ4n) is 7.59. The molecule has 3 atom stereocenters. The predicted octanol–water partition coefficient (Wildman–Crippen LogP) is 6.72. The highest BCUT2D eigenvalue weighted by Crippen LogP contribution is 2.46. The van der Waals surface area contributed by atoms with E-state index in [-0.39, 0.29) is 23.6 Å². The second-order valence-corrected chi connectivity index (χ2v) is 14.0. The van der Waals surface area contributed by atoms with Crippen LogP contribution in [0.5, 0.6) is 5.75 Å². The minimum atomic E-state index is -0.781. The third kappa shape index (κ3) is 4.55. The Morgan fingerprint density at radius 3 is 2.47 bits per heavy atom. The van der Waals surface area contributed by atoms with Gasteiger partial charge in [-0.2, -0.15) is 0 Å². The van der Waals surface area contributed by atoms with Crippen LogP contribution < -0.4 is 16.2 Å². The second-order valence-electron chi connectivity index (χ2n) is 13.0. The van der Waals surface area contributed by atoms with Gasteiger partial charge in [0.2, 0.25) is 0 Å². The number of nitrogens with zero attached hydrogens (tertiary/aromatic N) is 2. The van der Waals surface area contributed by atoms with Crippen molar-refractivity contribution in [3.8, 4) is 27.4 Å². The number of carbonyl (C=O) groups excluding carboxylic acids is 2. The molecular formula is C36H35FN4O3S. The van der Waals surface area contributed by atoms with Gasteiger partial charge < -0.3 is 25.7 Å². The lowest BCUT2D eigenvalue weighted by molar-refractivity contribution is 0.0700. The van der Waals surface area contributed by atoms with Gasteiger partial charge in [0.05, 0.1) is 23.2 Å². The molecule has 2 bridgehead atoms. The molecule has 4 N–H and O–H groups in total. The lowest BCUT2D eigenvalue weighted by atomic mass is 10.0. The SMILES string of the molecule is COc1cc(C(=O)N2CC3CCC2[C@@H]3N)cc2sc(-c3cc4ccc(-c5ccc(C(N)=O)c(F)c5)cc4n3CC3CC3)c(C)c12. The molecule has 2 aromatic heterocycles. The Balaban J connectivity index is 1.23.